The number of imide groups is 2. The molecule has 3 unspecified atom stereocenters. The van der Waals surface area contributed by atoms with Gasteiger partial charge in [0.1, 0.15) is 11.5 Å². The Morgan fingerprint density at radius 3 is 1.48 bits per heavy atom. The van der Waals surface area contributed by atoms with E-state index in [0.717, 1.165) is 5.56 Å². The predicted molar refractivity (Wildman–Crippen MR) is 146 cm³/mol. The summed E-state index contributed by atoms with van der Waals surface area (Å²) in [6, 6.07) is 22.9. The summed E-state index contributed by atoms with van der Waals surface area (Å²) in [4.78, 5) is 59.2. The van der Waals surface area contributed by atoms with Gasteiger partial charge in [0.2, 0.25) is 23.6 Å². The van der Waals surface area contributed by atoms with Crippen molar-refractivity contribution in [1.29, 1.82) is 0 Å². The van der Waals surface area contributed by atoms with Gasteiger partial charge in [0, 0.05) is 11.3 Å². The van der Waals surface area contributed by atoms with Crippen LogP contribution in [-0.2, 0) is 24.6 Å². The average Bonchev–Trinajstić information content (AvgIpc) is 3.44. The van der Waals surface area contributed by atoms with E-state index in [-0.39, 0.29) is 23.6 Å². The van der Waals surface area contributed by atoms with Crippen molar-refractivity contribution in [3.05, 3.63) is 96.6 Å². The fourth-order valence-electron chi connectivity index (χ4n) is 7.45. The molecule has 200 valence electrons. The molecule has 8 nitrogen and oxygen atoms in total. The lowest BCUT2D eigenvalue weighted by Gasteiger charge is -2.53. The van der Waals surface area contributed by atoms with Crippen molar-refractivity contribution in [3.63, 3.8) is 0 Å². The zero-order valence-corrected chi connectivity index (χ0v) is 21.9. The number of hydrogen-bond acceptors (Lipinski definition) is 6. The SMILES string of the molecule is COc1ccc(N2C(=O)C3[C@@H](C2=O)C2C=CC3(c3ccccc3)[C@H]3C(=O)N(c4ccc(OC)cc4)C(=O)[C@@H]23)cc1. The van der Waals surface area contributed by atoms with Crippen molar-refractivity contribution in [1.82, 2.24) is 0 Å². The van der Waals surface area contributed by atoms with Crippen LogP contribution in [0.5, 0.6) is 11.5 Å². The van der Waals surface area contributed by atoms with Crippen LogP contribution in [0.4, 0.5) is 11.4 Å². The molecule has 0 radical (unpaired) electrons. The Kier molecular flexibility index (Phi) is 5.26. The van der Waals surface area contributed by atoms with Gasteiger partial charge in [-0.2, -0.15) is 0 Å². The van der Waals surface area contributed by atoms with Gasteiger partial charge in [-0.1, -0.05) is 42.5 Å². The molecule has 0 N–H and O–H groups in total. The summed E-state index contributed by atoms with van der Waals surface area (Å²) in [5.41, 5.74) is 0.462. The predicted octanol–water partition coefficient (Wildman–Crippen LogP) is 3.75. The lowest BCUT2D eigenvalue weighted by molar-refractivity contribution is -0.140. The highest BCUT2D eigenvalue weighted by atomic mass is 16.5. The molecular formula is C32H26N2O6. The lowest BCUT2D eigenvalue weighted by atomic mass is 9.45. The maximum Gasteiger partial charge on any atom is 0.238 e. The van der Waals surface area contributed by atoms with Crippen molar-refractivity contribution < 1.29 is 28.7 Å². The minimum Gasteiger partial charge on any atom is -0.497 e. The molecule has 3 aliphatic carbocycles. The highest BCUT2D eigenvalue weighted by Gasteiger charge is 2.75. The van der Waals surface area contributed by atoms with Gasteiger partial charge in [0.25, 0.3) is 0 Å². The highest BCUT2D eigenvalue weighted by molar-refractivity contribution is 6.27. The second-order valence-electron chi connectivity index (χ2n) is 10.7. The molecule has 1 saturated carbocycles. The van der Waals surface area contributed by atoms with E-state index in [1.807, 2.05) is 42.5 Å². The Morgan fingerprint density at radius 1 is 0.600 bits per heavy atom. The quantitative estimate of drug-likeness (QED) is 0.366. The summed E-state index contributed by atoms with van der Waals surface area (Å²) < 4.78 is 10.5. The minimum absolute atomic E-state index is 0.351. The molecule has 2 heterocycles. The number of nitrogens with zero attached hydrogens (tertiary/aromatic N) is 2. The maximum atomic E-state index is 14.3. The molecule has 2 aliphatic heterocycles. The Hall–Kier alpha value is -4.72. The van der Waals surface area contributed by atoms with Gasteiger partial charge in [0.05, 0.1) is 49.3 Å². The first kappa shape index (κ1) is 24.3. The van der Waals surface area contributed by atoms with Gasteiger partial charge in [-0.05, 0) is 54.1 Å². The highest BCUT2D eigenvalue weighted by Crippen LogP contribution is 2.65. The van der Waals surface area contributed by atoms with E-state index in [1.54, 1.807) is 62.8 Å². The Bertz CT molecular complexity index is 1490. The molecule has 6 atom stereocenters. The summed E-state index contributed by atoms with van der Waals surface area (Å²) in [7, 11) is 3.09. The summed E-state index contributed by atoms with van der Waals surface area (Å²) in [5, 5.41) is 0. The molecule has 2 saturated heterocycles. The minimum atomic E-state index is -1.16. The number of methoxy groups -OCH3 is 2. The van der Waals surface area contributed by atoms with Crippen LogP contribution in [0.15, 0.2) is 91.0 Å². The number of allylic oxidation sites excluding steroid dienone is 2. The van der Waals surface area contributed by atoms with Gasteiger partial charge in [-0.25, -0.2) is 9.80 Å². The molecular weight excluding hydrogens is 508 g/mol. The maximum absolute atomic E-state index is 14.3. The van der Waals surface area contributed by atoms with E-state index in [1.165, 1.54) is 9.80 Å². The van der Waals surface area contributed by atoms with Crippen molar-refractivity contribution in [2.45, 2.75) is 5.41 Å². The van der Waals surface area contributed by atoms with E-state index >= 15 is 0 Å². The summed E-state index contributed by atoms with van der Waals surface area (Å²) in [5.74, 6) is -3.99. The molecule has 3 aromatic carbocycles. The third-order valence-electron chi connectivity index (χ3n) is 9.09. The van der Waals surface area contributed by atoms with E-state index < -0.39 is 35.0 Å². The van der Waals surface area contributed by atoms with Crippen molar-refractivity contribution in [2.75, 3.05) is 24.0 Å². The van der Waals surface area contributed by atoms with Crippen LogP contribution in [0, 0.1) is 29.6 Å². The number of carbonyl (C=O) groups is 4. The standard InChI is InChI=1S/C32H26N2O6/c1-39-21-12-8-19(9-13-21)33-28(35)24-23-16-17-32(26(24)30(33)37,18-6-4-3-5-7-18)27-25(23)29(36)34(31(27)38)20-10-14-22(40-2)15-11-20/h3-17,23-27H,1-2H3/t23?,24-,25-,26+,27?,32?/m0/s1. The summed E-state index contributed by atoms with van der Waals surface area (Å²) in [6.45, 7) is 0. The zero-order chi connectivity index (χ0) is 27.8. The monoisotopic (exact) mass is 534 g/mol. The number of rotatable bonds is 5. The topological polar surface area (TPSA) is 93.2 Å². The first-order chi connectivity index (χ1) is 19.4. The second-order valence-corrected chi connectivity index (χ2v) is 10.7. The van der Waals surface area contributed by atoms with E-state index in [2.05, 4.69) is 0 Å². The van der Waals surface area contributed by atoms with E-state index in [4.69, 9.17) is 9.47 Å². The lowest BCUT2D eigenvalue weighted by Crippen LogP contribution is -2.60. The van der Waals surface area contributed by atoms with Gasteiger partial charge >= 0.3 is 0 Å². The molecule has 0 spiro atoms. The van der Waals surface area contributed by atoms with Gasteiger partial charge < -0.3 is 9.47 Å². The Morgan fingerprint density at radius 2 is 1.05 bits per heavy atom. The molecule has 3 fully saturated rings. The third kappa shape index (κ3) is 3.01. The molecule has 4 amide bonds. The second kappa shape index (κ2) is 8.64. The number of carbonyl (C=O) groups excluding carboxylic acids is 4. The Labute approximate surface area is 230 Å². The van der Waals surface area contributed by atoms with Crippen LogP contribution >= 0.6 is 0 Å². The van der Waals surface area contributed by atoms with Crippen LogP contribution in [0.3, 0.4) is 0 Å². The van der Waals surface area contributed by atoms with Crippen LogP contribution in [0.25, 0.3) is 0 Å². The van der Waals surface area contributed by atoms with Gasteiger partial charge in [0.15, 0.2) is 0 Å². The smallest absolute Gasteiger partial charge is 0.238 e. The van der Waals surface area contributed by atoms with Crippen molar-refractivity contribution in [3.8, 4) is 11.5 Å². The first-order valence-electron chi connectivity index (χ1n) is 13.2. The number of ether oxygens (including phenoxy) is 2. The number of amides is 4. The molecule has 40 heavy (non-hydrogen) atoms. The van der Waals surface area contributed by atoms with Crippen LogP contribution in [0.1, 0.15) is 5.56 Å². The number of benzene rings is 3. The molecule has 2 bridgehead atoms. The molecule has 3 aromatic rings. The molecule has 5 aliphatic rings. The van der Waals surface area contributed by atoms with Gasteiger partial charge in [-0.15, -0.1) is 0 Å². The van der Waals surface area contributed by atoms with E-state index in [9.17, 15) is 19.2 Å². The van der Waals surface area contributed by atoms with Crippen LogP contribution < -0.4 is 19.3 Å². The summed E-state index contributed by atoms with van der Waals surface area (Å²) in [6.07, 6.45) is 3.81. The van der Waals surface area contributed by atoms with Gasteiger partial charge in [-0.3, -0.25) is 19.2 Å². The zero-order valence-electron chi connectivity index (χ0n) is 21.9. The first-order valence-corrected chi connectivity index (χ1v) is 13.2. The normalized spacial score (nSPS) is 30.1. The molecule has 8 rings (SSSR count). The van der Waals surface area contributed by atoms with Crippen LogP contribution in [-0.4, -0.2) is 37.8 Å². The van der Waals surface area contributed by atoms with Crippen LogP contribution in [0.2, 0.25) is 0 Å². The average molecular weight is 535 g/mol. The number of anilines is 2. The number of hydrogen-bond donors (Lipinski definition) is 0. The largest absolute Gasteiger partial charge is 0.497 e. The summed E-state index contributed by atoms with van der Waals surface area (Å²) >= 11 is 0. The molecule has 0 aromatic heterocycles. The van der Waals surface area contributed by atoms with Crippen molar-refractivity contribution >= 4 is 35.0 Å². The third-order valence-corrected chi connectivity index (χ3v) is 9.09. The molecule has 8 heteroatoms. The fourth-order valence-corrected chi connectivity index (χ4v) is 7.45. The fraction of sp³-hybridized carbons (Fsp3) is 0.250. The Balaban J connectivity index is 1.39. The van der Waals surface area contributed by atoms with E-state index in [0.29, 0.717) is 22.9 Å². The van der Waals surface area contributed by atoms with Crippen molar-refractivity contribution in [2.24, 2.45) is 29.6 Å².